The number of rotatable bonds is 5. The minimum absolute atomic E-state index is 0.104. The first-order valence-corrected chi connectivity index (χ1v) is 10.0. The van der Waals surface area contributed by atoms with Crippen molar-refractivity contribution < 1.29 is 14.3 Å². The lowest BCUT2D eigenvalue weighted by Crippen LogP contribution is -2.35. The van der Waals surface area contributed by atoms with E-state index in [9.17, 15) is 4.79 Å². The number of fused-ring (bicyclic) bond motifs is 1. The SMILES string of the molecule is COc1cccc2c1OCC(CNc1cc(C(=O)N3CCCCC3)ccn1)C2. The Morgan fingerprint density at radius 2 is 2.14 bits per heavy atom. The lowest BCUT2D eigenvalue weighted by molar-refractivity contribution is 0.0724. The summed E-state index contributed by atoms with van der Waals surface area (Å²) in [6.07, 6.45) is 6.03. The fraction of sp³-hybridized carbons (Fsp3) is 0.455. The third-order valence-electron chi connectivity index (χ3n) is 5.47. The Morgan fingerprint density at radius 1 is 1.29 bits per heavy atom. The largest absolute Gasteiger partial charge is 0.493 e. The van der Waals surface area contributed by atoms with Gasteiger partial charge in [-0.2, -0.15) is 0 Å². The van der Waals surface area contributed by atoms with E-state index in [2.05, 4.69) is 16.4 Å². The molecule has 6 heteroatoms. The number of amides is 1. The molecule has 0 spiro atoms. The molecule has 1 unspecified atom stereocenters. The lowest BCUT2D eigenvalue weighted by atomic mass is 9.96. The van der Waals surface area contributed by atoms with Crippen LogP contribution in [-0.2, 0) is 6.42 Å². The molecular weight excluding hydrogens is 354 g/mol. The van der Waals surface area contributed by atoms with Crippen LogP contribution in [0.1, 0.15) is 35.2 Å². The molecule has 1 amide bonds. The van der Waals surface area contributed by atoms with E-state index in [1.54, 1.807) is 19.4 Å². The Balaban J connectivity index is 1.37. The third-order valence-corrected chi connectivity index (χ3v) is 5.47. The molecule has 1 aromatic carbocycles. The Morgan fingerprint density at radius 3 is 2.96 bits per heavy atom. The second-order valence-electron chi connectivity index (χ2n) is 7.49. The summed E-state index contributed by atoms with van der Waals surface area (Å²) in [6.45, 7) is 3.08. The molecule has 0 saturated carbocycles. The van der Waals surface area contributed by atoms with E-state index in [1.807, 2.05) is 23.1 Å². The summed E-state index contributed by atoms with van der Waals surface area (Å²) in [5.41, 5.74) is 1.87. The zero-order chi connectivity index (χ0) is 19.3. The molecule has 0 radical (unpaired) electrons. The van der Waals surface area contributed by atoms with E-state index in [1.165, 1.54) is 12.0 Å². The van der Waals surface area contributed by atoms with E-state index < -0.39 is 0 Å². The number of hydrogen-bond donors (Lipinski definition) is 1. The standard InChI is InChI=1S/C22H27N3O3/c1-27-19-7-5-6-17-12-16(15-28-21(17)19)14-24-20-13-18(8-9-23-20)22(26)25-10-3-2-4-11-25/h5-9,13,16H,2-4,10-12,14-15H2,1H3,(H,23,24). The number of aromatic nitrogens is 1. The minimum Gasteiger partial charge on any atom is -0.493 e. The van der Waals surface area contributed by atoms with Crippen LogP contribution >= 0.6 is 0 Å². The lowest BCUT2D eigenvalue weighted by Gasteiger charge is -2.27. The molecule has 1 fully saturated rings. The molecular formula is C22H27N3O3. The van der Waals surface area contributed by atoms with E-state index in [4.69, 9.17) is 9.47 Å². The number of para-hydroxylation sites is 1. The van der Waals surface area contributed by atoms with Crippen molar-refractivity contribution in [2.75, 3.05) is 38.7 Å². The summed E-state index contributed by atoms with van der Waals surface area (Å²) >= 11 is 0. The van der Waals surface area contributed by atoms with Gasteiger partial charge in [-0.25, -0.2) is 4.98 Å². The maximum Gasteiger partial charge on any atom is 0.254 e. The van der Waals surface area contributed by atoms with Crippen molar-refractivity contribution in [3.8, 4) is 11.5 Å². The van der Waals surface area contributed by atoms with Gasteiger partial charge in [0.05, 0.1) is 13.7 Å². The van der Waals surface area contributed by atoms with Crippen molar-refractivity contribution >= 4 is 11.7 Å². The number of nitrogens with one attached hydrogen (secondary N) is 1. The average molecular weight is 381 g/mol. The number of methoxy groups -OCH3 is 1. The first-order valence-electron chi connectivity index (χ1n) is 10.0. The zero-order valence-electron chi connectivity index (χ0n) is 16.3. The Bertz CT molecular complexity index is 834. The van der Waals surface area contributed by atoms with Crippen LogP contribution in [0.2, 0.25) is 0 Å². The second-order valence-corrected chi connectivity index (χ2v) is 7.49. The van der Waals surface area contributed by atoms with Crippen molar-refractivity contribution in [3.63, 3.8) is 0 Å². The van der Waals surface area contributed by atoms with Crippen LogP contribution in [0.5, 0.6) is 11.5 Å². The zero-order valence-corrected chi connectivity index (χ0v) is 16.3. The fourth-order valence-corrected chi connectivity index (χ4v) is 3.94. The monoisotopic (exact) mass is 381 g/mol. The number of pyridine rings is 1. The van der Waals surface area contributed by atoms with Crippen LogP contribution in [-0.4, -0.2) is 49.1 Å². The van der Waals surface area contributed by atoms with Gasteiger partial charge in [-0.15, -0.1) is 0 Å². The number of anilines is 1. The molecule has 1 N–H and O–H groups in total. The number of nitrogens with zero attached hydrogens (tertiary/aromatic N) is 2. The maximum absolute atomic E-state index is 12.7. The molecule has 6 nitrogen and oxygen atoms in total. The van der Waals surface area contributed by atoms with E-state index in [-0.39, 0.29) is 5.91 Å². The predicted molar refractivity (Wildman–Crippen MR) is 108 cm³/mol. The quantitative estimate of drug-likeness (QED) is 0.860. The summed E-state index contributed by atoms with van der Waals surface area (Å²) in [7, 11) is 1.66. The fourth-order valence-electron chi connectivity index (χ4n) is 3.94. The first kappa shape index (κ1) is 18.6. The topological polar surface area (TPSA) is 63.7 Å². The van der Waals surface area contributed by atoms with Crippen LogP contribution in [0.4, 0.5) is 5.82 Å². The molecule has 1 atom stereocenters. The van der Waals surface area contributed by atoms with Gasteiger partial charge in [-0.1, -0.05) is 12.1 Å². The molecule has 3 heterocycles. The van der Waals surface area contributed by atoms with Gasteiger partial charge < -0.3 is 19.7 Å². The highest BCUT2D eigenvalue weighted by Crippen LogP contribution is 2.36. The van der Waals surface area contributed by atoms with Crippen LogP contribution in [0.25, 0.3) is 0 Å². The molecule has 2 aliphatic rings. The highest BCUT2D eigenvalue weighted by molar-refractivity contribution is 5.94. The number of carbonyl (C=O) groups is 1. The molecule has 0 bridgehead atoms. The van der Waals surface area contributed by atoms with Gasteiger partial charge in [0.2, 0.25) is 0 Å². The molecule has 148 valence electrons. The van der Waals surface area contributed by atoms with E-state index in [0.29, 0.717) is 18.1 Å². The predicted octanol–water partition coefficient (Wildman–Crippen LogP) is 3.38. The summed E-state index contributed by atoms with van der Waals surface area (Å²) in [6, 6.07) is 9.66. The molecule has 28 heavy (non-hydrogen) atoms. The summed E-state index contributed by atoms with van der Waals surface area (Å²) in [4.78, 5) is 19.0. The van der Waals surface area contributed by atoms with Crippen molar-refractivity contribution in [2.24, 2.45) is 5.92 Å². The van der Waals surface area contributed by atoms with Gasteiger partial charge in [0.15, 0.2) is 11.5 Å². The van der Waals surface area contributed by atoms with Gasteiger partial charge in [0.25, 0.3) is 5.91 Å². The van der Waals surface area contributed by atoms with E-state index >= 15 is 0 Å². The van der Waals surface area contributed by atoms with Crippen LogP contribution in [0.15, 0.2) is 36.5 Å². The number of piperidine rings is 1. The number of carbonyl (C=O) groups excluding carboxylic acids is 1. The smallest absolute Gasteiger partial charge is 0.254 e. The van der Waals surface area contributed by atoms with E-state index in [0.717, 1.165) is 56.2 Å². The summed E-state index contributed by atoms with van der Waals surface area (Å²) in [5.74, 6) is 2.82. The number of benzene rings is 1. The van der Waals surface area contributed by atoms with Crippen molar-refractivity contribution in [1.82, 2.24) is 9.88 Å². The maximum atomic E-state index is 12.7. The van der Waals surface area contributed by atoms with Gasteiger partial charge in [-0.05, 0) is 49.4 Å². The van der Waals surface area contributed by atoms with Crippen molar-refractivity contribution in [3.05, 3.63) is 47.7 Å². The van der Waals surface area contributed by atoms with Crippen LogP contribution in [0.3, 0.4) is 0 Å². The Labute approximate surface area is 165 Å². The summed E-state index contributed by atoms with van der Waals surface area (Å²) in [5, 5.41) is 3.38. The molecule has 2 aliphatic heterocycles. The average Bonchev–Trinajstić information content (AvgIpc) is 2.77. The summed E-state index contributed by atoms with van der Waals surface area (Å²) < 4.78 is 11.3. The van der Waals surface area contributed by atoms with Gasteiger partial charge in [0, 0.05) is 37.3 Å². The van der Waals surface area contributed by atoms with Gasteiger partial charge >= 0.3 is 0 Å². The van der Waals surface area contributed by atoms with Crippen molar-refractivity contribution in [1.29, 1.82) is 0 Å². The normalized spacial score (nSPS) is 18.8. The first-order chi connectivity index (χ1) is 13.7. The molecule has 1 aromatic heterocycles. The number of hydrogen-bond acceptors (Lipinski definition) is 5. The minimum atomic E-state index is 0.104. The van der Waals surface area contributed by atoms with Crippen LogP contribution < -0.4 is 14.8 Å². The third kappa shape index (κ3) is 4.06. The second kappa shape index (κ2) is 8.50. The highest BCUT2D eigenvalue weighted by atomic mass is 16.5. The van der Waals surface area contributed by atoms with Crippen LogP contribution in [0, 0.1) is 5.92 Å². The number of ether oxygens (including phenoxy) is 2. The molecule has 4 rings (SSSR count). The Hall–Kier alpha value is -2.76. The van der Waals surface area contributed by atoms with Gasteiger partial charge in [0.1, 0.15) is 5.82 Å². The Kier molecular flexibility index (Phi) is 5.65. The highest BCUT2D eigenvalue weighted by Gasteiger charge is 2.23. The van der Waals surface area contributed by atoms with Gasteiger partial charge in [-0.3, -0.25) is 4.79 Å². The van der Waals surface area contributed by atoms with Crippen molar-refractivity contribution in [2.45, 2.75) is 25.7 Å². The molecule has 2 aromatic rings. The molecule has 0 aliphatic carbocycles. The molecule has 1 saturated heterocycles. The number of likely N-dealkylation sites (tertiary alicyclic amines) is 1.